The van der Waals surface area contributed by atoms with Crippen LogP contribution in [0.2, 0.25) is 0 Å². The molecule has 0 radical (unpaired) electrons. The van der Waals surface area contributed by atoms with Crippen LogP contribution in [-0.4, -0.2) is 68.6 Å². The number of aliphatic hydroxyl groups is 1. The van der Waals surface area contributed by atoms with Crippen molar-refractivity contribution in [2.24, 2.45) is 5.92 Å². The Hall–Kier alpha value is -0.210. The van der Waals surface area contributed by atoms with Gasteiger partial charge in [-0.05, 0) is 52.1 Å². The monoisotopic (exact) mass is 307 g/mol. The fraction of sp³-hybridized carbons (Fsp3) is 1.00. The van der Waals surface area contributed by atoms with Gasteiger partial charge in [0.15, 0.2) is 0 Å². The van der Waals surface area contributed by atoms with Gasteiger partial charge in [-0.15, -0.1) is 0 Å². The number of hydrogen-bond acceptors (Lipinski definition) is 4. The number of likely N-dealkylation sites (tertiary alicyclic amines) is 1. The highest BCUT2D eigenvalue weighted by Crippen LogP contribution is 2.15. The summed E-state index contributed by atoms with van der Waals surface area (Å²) in [6, 6.07) is -0.0418. The molecule has 1 fully saturated rings. The molecule has 1 rings (SSSR count). The SMILES string of the molecule is CC(C)N(C)S(=O)(=O)NCCCN1CCC[C@H](CO)C1. The first kappa shape index (κ1) is 17.8. The molecule has 0 aromatic heterocycles. The summed E-state index contributed by atoms with van der Waals surface area (Å²) in [6.45, 7) is 7.26. The Morgan fingerprint density at radius 3 is 2.75 bits per heavy atom. The molecule has 1 saturated heterocycles. The molecular weight excluding hydrogens is 278 g/mol. The van der Waals surface area contributed by atoms with Crippen molar-refractivity contribution >= 4 is 10.2 Å². The van der Waals surface area contributed by atoms with E-state index < -0.39 is 10.2 Å². The Balaban J connectivity index is 2.24. The quantitative estimate of drug-likeness (QED) is 0.631. The van der Waals surface area contributed by atoms with E-state index in [1.165, 1.54) is 4.31 Å². The number of nitrogens with zero attached hydrogens (tertiary/aromatic N) is 2. The number of rotatable bonds is 8. The summed E-state index contributed by atoms with van der Waals surface area (Å²) in [4.78, 5) is 2.31. The highest BCUT2D eigenvalue weighted by molar-refractivity contribution is 7.87. The minimum Gasteiger partial charge on any atom is -0.396 e. The van der Waals surface area contributed by atoms with Gasteiger partial charge in [-0.25, -0.2) is 4.72 Å². The molecule has 6 nitrogen and oxygen atoms in total. The number of nitrogens with one attached hydrogen (secondary N) is 1. The molecular formula is C13H29N3O3S. The third-order valence-corrected chi connectivity index (χ3v) is 5.65. The minimum absolute atomic E-state index is 0.0418. The van der Waals surface area contributed by atoms with Crippen LogP contribution in [-0.2, 0) is 10.2 Å². The summed E-state index contributed by atoms with van der Waals surface area (Å²) in [6.07, 6.45) is 3.01. The molecule has 0 unspecified atom stereocenters. The van der Waals surface area contributed by atoms with Gasteiger partial charge in [-0.3, -0.25) is 0 Å². The molecule has 0 aromatic carbocycles. The van der Waals surface area contributed by atoms with Crippen molar-refractivity contribution in [1.82, 2.24) is 13.9 Å². The molecule has 1 heterocycles. The van der Waals surface area contributed by atoms with Gasteiger partial charge in [0.25, 0.3) is 10.2 Å². The number of hydrogen-bond donors (Lipinski definition) is 2. The van der Waals surface area contributed by atoms with Gasteiger partial charge in [-0.2, -0.15) is 12.7 Å². The maximum Gasteiger partial charge on any atom is 0.279 e. The normalized spacial score (nSPS) is 21.8. The molecule has 20 heavy (non-hydrogen) atoms. The first-order valence-electron chi connectivity index (χ1n) is 7.42. The second-order valence-electron chi connectivity index (χ2n) is 5.85. The van der Waals surface area contributed by atoms with E-state index in [1.54, 1.807) is 7.05 Å². The van der Waals surface area contributed by atoms with Crippen molar-refractivity contribution < 1.29 is 13.5 Å². The number of aliphatic hydroxyl groups excluding tert-OH is 1. The summed E-state index contributed by atoms with van der Waals surface area (Å²) in [5.41, 5.74) is 0. The third-order valence-electron chi connectivity index (χ3n) is 3.90. The average molecular weight is 307 g/mol. The molecule has 1 atom stereocenters. The molecule has 0 bridgehead atoms. The summed E-state index contributed by atoms with van der Waals surface area (Å²) >= 11 is 0. The van der Waals surface area contributed by atoms with E-state index in [4.69, 9.17) is 0 Å². The molecule has 1 aliphatic heterocycles. The van der Waals surface area contributed by atoms with Gasteiger partial charge in [0.1, 0.15) is 0 Å². The molecule has 0 amide bonds. The van der Waals surface area contributed by atoms with Crippen molar-refractivity contribution in [3.63, 3.8) is 0 Å². The van der Waals surface area contributed by atoms with Crippen LogP contribution in [0.1, 0.15) is 33.1 Å². The molecule has 2 N–H and O–H groups in total. The molecule has 0 aliphatic carbocycles. The van der Waals surface area contributed by atoms with E-state index in [-0.39, 0.29) is 12.6 Å². The van der Waals surface area contributed by atoms with Crippen LogP contribution in [0, 0.1) is 5.92 Å². The van der Waals surface area contributed by atoms with E-state index in [0.29, 0.717) is 12.5 Å². The molecule has 0 spiro atoms. The summed E-state index contributed by atoms with van der Waals surface area (Å²) in [7, 11) is -1.77. The summed E-state index contributed by atoms with van der Waals surface area (Å²) in [5, 5.41) is 9.18. The Labute approximate surface area is 123 Å². The maximum absolute atomic E-state index is 11.9. The predicted molar refractivity (Wildman–Crippen MR) is 80.7 cm³/mol. The second kappa shape index (κ2) is 8.29. The zero-order chi connectivity index (χ0) is 15.2. The van der Waals surface area contributed by atoms with Crippen molar-refractivity contribution in [3.8, 4) is 0 Å². The van der Waals surface area contributed by atoms with Gasteiger partial charge in [0, 0.05) is 32.8 Å². The van der Waals surface area contributed by atoms with Gasteiger partial charge in [-0.1, -0.05) is 0 Å². The van der Waals surface area contributed by atoms with Crippen LogP contribution in [0.25, 0.3) is 0 Å². The fourth-order valence-electron chi connectivity index (χ4n) is 2.39. The van der Waals surface area contributed by atoms with Crippen molar-refractivity contribution in [2.75, 3.05) is 39.8 Å². The number of piperidine rings is 1. The first-order valence-corrected chi connectivity index (χ1v) is 8.86. The summed E-state index contributed by atoms with van der Waals surface area (Å²) < 4.78 is 27.7. The van der Waals surface area contributed by atoms with E-state index in [9.17, 15) is 13.5 Å². The highest BCUT2D eigenvalue weighted by atomic mass is 32.2. The van der Waals surface area contributed by atoms with Gasteiger partial charge in [0.2, 0.25) is 0 Å². The van der Waals surface area contributed by atoms with Crippen LogP contribution < -0.4 is 4.72 Å². The third kappa shape index (κ3) is 5.65. The fourth-order valence-corrected chi connectivity index (χ4v) is 3.55. The molecule has 120 valence electrons. The zero-order valence-electron chi connectivity index (χ0n) is 12.9. The lowest BCUT2D eigenvalue weighted by Crippen LogP contribution is -2.43. The standard InChI is InChI=1S/C13H29N3O3S/c1-12(2)15(3)20(18,19)14-7-5-9-16-8-4-6-13(10-16)11-17/h12-14,17H,4-11H2,1-3H3/t13-/m0/s1. The van der Waals surface area contributed by atoms with E-state index in [0.717, 1.165) is 38.9 Å². The first-order chi connectivity index (χ1) is 9.36. The van der Waals surface area contributed by atoms with Crippen molar-refractivity contribution in [2.45, 2.75) is 39.2 Å². The average Bonchev–Trinajstić information content (AvgIpc) is 2.43. The van der Waals surface area contributed by atoms with Crippen LogP contribution in [0.3, 0.4) is 0 Å². The van der Waals surface area contributed by atoms with Gasteiger partial charge < -0.3 is 10.0 Å². The Bertz CT molecular complexity index is 373. The highest BCUT2D eigenvalue weighted by Gasteiger charge is 2.21. The maximum atomic E-state index is 11.9. The smallest absolute Gasteiger partial charge is 0.279 e. The minimum atomic E-state index is -3.35. The second-order valence-corrected chi connectivity index (χ2v) is 7.67. The molecule has 7 heteroatoms. The largest absolute Gasteiger partial charge is 0.396 e. The topological polar surface area (TPSA) is 72.9 Å². The van der Waals surface area contributed by atoms with Crippen LogP contribution in [0.4, 0.5) is 0 Å². The van der Waals surface area contributed by atoms with Crippen molar-refractivity contribution in [3.05, 3.63) is 0 Å². The van der Waals surface area contributed by atoms with E-state index in [1.807, 2.05) is 13.8 Å². The van der Waals surface area contributed by atoms with Gasteiger partial charge >= 0.3 is 0 Å². The Morgan fingerprint density at radius 2 is 2.15 bits per heavy atom. The predicted octanol–water partition coefficient (Wildman–Crippen LogP) is 0.255. The summed E-state index contributed by atoms with van der Waals surface area (Å²) in [5.74, 6) is 0.382. The van der Waals surface area contributed by atoms with Crippen LogP contribution >= 0.6 is 0 Å². The molecule has 0 aromatic rings. The lowest BCUT2D eigenvalue weighted by molar-refractivity contribution is 0.120. The Morgan fingerprint density at radius 1 is 1.45 bits per heavy atom. The van der Waals surface area contributed by atoms with Crippen LogP contribution in [0.15, 0.2) is 0 Å². The zero-order valence-corrected chi connectivity index (χ0v) is 13.7. The molecule has 0 saturated carbocycles. The molecule has 1 aliphatic rings. The van der Waals surface area contributed by atoms with Crippen molar-refractivity contribution in [1.29, 1.82) is 0 Å². The van der Waals surface area contributed by atoms with Crippen LogP contribution in [0.5, 0.6) is 0 Å². The van der Waals surface area contributed by atoms with Gasteiger partial charge in [0.05, 0.1) is 0 Å². The Kier molecular flexibility index (Phi) is 7.39. The van der Waals surface area contributed by atoms with E-state index >= 15 is 0 Å². The lowest BCUT2D eigenvalue weighted by atomic mass is 9.99. The lowest BCUT2D eigenvalue weighted by Gasteiger charge is -2.31. The van der Waals surface area contributed by atoms with E-state index in [2.05, 4.69) is 9.62 Å².